The maximum Gasteiger partial charge on any atom is 0.224 e. The van der Waals surface area contributed by atoms with Gasteiger partial charge in [-0.25, -0.2) is 0 Å². The van der Waals surface area contributed by atoms with E-state index in [-0.39, 0.29) is 5.91 Å². The zero-order valence-electron chi connectivity index (χ0n) is 16.6. The number of ether oxygens (including phenoxy) is 1. The molecule has 0 unspecified atom stereocenters. The largest absolute Gasteiger partial charge is 0.487 e. The average molecular weight is 386 g/mol. The molecular weight excluding hydrogens is 360 g/mol. The number of benzene rings is 2. The summed E-state index contributed by atoms with van der Waals surface area (Å²) in [6, 6.07) is 20.1. The van der Waals surface area contributed by atoms with Crippen LogP contribution in [0.25, 0.3) is 0 Å². The number of rotatable bonds is 7. The van der Waals surface area contributed by atoms with Crippen molar-refractivity contribution >= 4 is 5.91 Å². The van der Waals surface area contributed by atoms with Gasteiger partial charge < -0.3 is 10.1 Å². The van der Waals surface area contributed by atoms with Gasteiger partial charge in [-0.05, 0) is 72.2 Å². The number of hydrogen-bond donors (Lipinski definition) is 1. The van der Waals surface area contributed by atoms with E-state index in [2.05, 4.69) is 28.5 Å². The monoisotopic (exact) mass is 386 g/mol. The van der Waals surface area contributed by atoms with Gasteiger partial charge in [-0.2, -0.15) is 0 Å². The zero-order chi connectivity index (χ0) is 19.9. The molecule has 0 radical (unpaired) electrons. The molecule has 0 saturated heterocycles. The molecule has 0 fully saturated rings. The molecule has 2 aromatic carbocycles. The SMILES string of the molecule is O=C(Cc1ccc2c(c1)CCCC2)NCc1ccc(OCc2ccccn2)cc1. The summed E-state index contributed by atoms with van der Waals surface area (Å²) < 4.78 is 5.75. The van der Waals surface area contributed by atoms with Crippen LogP contribution in [-0.2, 0) is 37.2 Å². The van der Waals surface area contributed by atoms with Crippen LogP contribution in [0.4, 0.5) is 0 Å². The molecule has 0 saturated carbocycles. The van der Waals surface area contributed by atoms with Gasteiger partial charge in [0.15, 0.2) is 0 Å². The molecular formula is C25H26N2O2. The van der Waals surface area contributed by atoms with E-state index < -0.39 is 0 Å². The number of fused-ring (bicyclic) bond motifs is 1. The molecule has 4 nitrogen and oxygen atoms in total. The Hall–Kier alpha value is -3.14. The van der Waals surface area contributed by atoms with Crippen molar-refractivity contribution in [3.05, 3.63) is 94.8 Å². The highest BCUT2D eigenvalue weighted by Gasteiger charge is 2.11. The number of pyridine rings is 1. The summed E-state index contributed by atoms with van der Waals surface area (Å²) in [4.78, 5) is 16.6. The molecule has 1 aromatic heterocycles. The third kappa shape index (κ3) is 5.44. The molecule has 1 aliphatic carbocycles. The predicted molar refractivity (Wildman–Crippen MR) is 114 cm³/mol. The fourth-order valence-corrected chi connectivity index (χ4v) is 3.69. The molecule has 1 amide bonds. The summed E-state index contributed by atoms with van der Waals surface area (Å²) in [5.41, 5.74) is 5.91. The maximum absolute atomic E-state index is 12.3. The third-order valence-corrected chi connectivity index (χ3v) is 5.30. The maximum atomic E-state index is 12.3. The Labute approximate surface area is 172 Å². The number of nitrogens with zero attached hydrogens (tertiary/aromatic N) is 1. The third-order valence-electron chi connectivity index (χ3n) is 5.30. The highest BCUT2D eigenvalue weighted by atomic mass is 16.5. The Balaban J connectivity index is 1.25. The Kier molecular flexibility index (Phi) is 6.20. The predicted octanol–water partition coefficient (Wildman–Crippen LogP) is 4.40. The van der Waals surface area contributed by atoms with Gasteiger partial charge in [0.25, 0.3) is 0 Å². The van der Waals surface area contributed by atoms with E-state index in [9.17, 15) is 4.79 Å². The van der Waals surface area contributed by atoms with Crippen LogP contribution in [0.15, 0.2) is 66.9 Å². The lowest BCUT2D eigenvalue weighted by Gasteiger charge is -2.16. The highest BCUT2D eigenvalue weighted by Crippen LogP contribution is 2.22. The van der Waals surface area contributed by atoms with Gasteiger partial charge in [-0.3, -0.25) is 9.78 Å². The van der Waals surface area contributed by atoms with Crippen LogP contribution in [0.5, 0.6) is 5.75 Å². The van der Waals surface area contributed by atoms with Crippen molar-refractivity contribution in [2.45, 2.75) is 45.3 Å². The van der Waals surface area contributed by atoms with Crippen molar-refractivity contribution in [3.8, 4) is 5.75 Å². The second-order valence-corrected chi connectivity index (χ2v) is 7.52. The number of carbonyl (C=O) groups excluding carboxylic acids is 1. The summed E-state index contributed by atoms with van der Waals surface area (Å²) in [7, 11) is 0. The summed E-state index contributed by atoms with van der Waals surface area (Å²) in [6.07, 6.45) is 7.03. The summed E-state index contributed by atoms with van der Waals surface area (Å²) in [6.45, 7) is 0.960. The van der Waals surface area contributed by atoms with Crippen molar-refractivity contribution in [1.29, 1.82) is 0 Å². The highest BCUT2D eigenvalue weighted by molar-refractivity contribution is 5.78. The quantitative estimate of drug-likeness (QED) is 0.655. The first kappa shape index (κ1) is 19.2. The normalized spacial score (nSPS) is 12.8. The molecule has 0 atom stereocenters. The number of aromatic nitrogens is 1. The molecule has 4 rings (SSSR count). The van der Waals surface area contributed by atoms with Crippen molar-refractivity contribution in [2.75, 3.05) is 0 Å². The van der Waals surface area contributed by atoms with Gasteiger partial charge >= 0.3 is 0 Å². The van der Waals surface area contributed by atoms with Crippen LogP contribution in [0.1, 0.15) is 40.8 Å². The summed E-state index contributed by atoms with van der Waals surface area (Å²) in [5.74, 6) is 0.844. The minimum absolute atomic E-state index is 0.0521. The van der Waals surface area contributed by atoms with Gasteiger partial charge in [0.2, 0.25) is 5.91 Å². The molecule has 4 heteroatoms. The Morgan fingerprint density at radius 2 is 1.72 bits per heavy atom. The second kappa shape index (κ2) is 9.37. The van der Waals surface area contributed by atoms with E-state index in [1.54, 1.807) is 6.20 Å². The number of aryl methyl sites for hydroxylation is 2. The van der Waals surface area contributed by atoms with E-state index in [1.165, 1.54) is 30.4 Å². The van der Waals surface area contributed by atoms with Crippen LogP contribution in [0, 0.1) is 0 Å². The van der Waals surface area contributed by atoms with E-state index >= 15 is 0 Å². The Morgan fingerprint density at radius 3 is 2.52 bits per heavy atom. The molecule has 0 aliphatic heterocycles. The zero-order valence-corrected chi connectivity index (χ0v) is 16.6. The topological polar surface area (TPSA) is 51.2 Å². The average Bonchev–Trinajstić information content (AvgIpc) is 2.77. The van der Waals surface area contributed by atoms with Gasteiger partial charge in [0.1, 0.15) is 12.4 Å². The summed E-state index contributed by atoms with van der Waals surface area (Å²) >= 11 is 0. The van der Waals surface area contributed by atoms with Crippen molar-refractivity contribution in [3.63, 3.8) is 0 Å². The van der Waals surface area contributed by atoms with Crippen LogP contribution in [0.2, 0.25) is 0 Å². The first-order chi connectivity index (χ1) is 14.3. The van der Waals surface area contributed by atoms with E-state index in [4.69, 9.17) is 4.74 Å². The smallest absolute Gasteiger partial charge is 0.224 e. The van der Waals surface area contributed by atoms with E-state index in [0.29, 0.717) is 19.6 Å². The first-order valence-electron chi connectivity index (χ1n) is 10.3. The van der Waals surface area contributed by atoms with Gasteiger partial charge in [-0.15, -0.1) is 0 Å². The first-order valence-corrected chi connectivity index (χ1v) is 10.3. The minimum atomic E-state index is 0.0521. The molecule has 29 heavy (non-hydrogen) atoms. The van der Waals surface area contributed by atoms with Crippen LogP contribution in [-0.4, -0.2) is 10.9 Å². The lowest BCUT2D eigenvalue weighted by Crippen LogP contribution is -2.24. The molecule has 1 heterocycles. The van der Waals surface area contributed by atoms with Gasteiger partial charge in [-0.1, -0.05) is 36.4 Å². The molecule has 3 aromatic rings. The Bertz CT molecular complexity index is 952. The lowest BCUT2D eigenvalue weighted by atomic mass is 9.90. The molecule has 0 spiro atoms. The fraction of sp³-hybridized carbons (Fsp3) is 0.280. The van der Waals surface area contributed by atoms with Crippen molar-refractivity contribution < 1.29 is 9.53 Å². The number of carbonyl (C=O) groups is 1. The van der Waals surface area contributed by atoms with Crippen LogP contribution < -0.4 is 10.1 Å². The molecule has 0 bridgehead atoms. The number of nitrogens with one attached hydrogen (secondary N) is 1. The van der Waals surface area contributed by atoms with Crippen molar-refractivity contribution in [1.82, 2.24) is 10.3 Å². The van der Waals surface area contributed by atoms with Crippen LogP contribution in [0.3, 0.4) is 0 Å². The standard InChI is InChI=1S/C25H26N2O2/c28-25(16-20-8-11-21-5-1-2-6-22(21)15-20)27-17-19-9-12-24(13-10-19)29-18-23-7-3-4-14-26-23/h3-4,7-15H,1-2,5-6,16-18H2,(H,27,28). The lowest BCUT2D eigenvalue weighted by molar-refractivity contribution is -0.120. The minimum Gasteiger partial charge on any atom is -0.487 e. The second-order valence-electron chi connectivity index (χ2n) is 7.52. The van der Waals surface area contributed by atoms with Gasteiger partial charge in [0, 0.05) is 12.7 Å². The molecule has 148 valence electrons. The van der Waals surface area contributed by atoms with Crippen molar-refractivity contribution in [2.24, 2.45) is 0 Å². The van der Waals surface area contributed by atoms with E-state index in [0.717, 1.165) is 29.0 Å². The van der Waals surface area contributed by atoms with E-state index in [1.807, 2.05) is 42.5 Å². The summed E-state index contributed by atoms with van der Waals surface area (Å²) in [5, 5.41) is 3.02. The molecule has 1 N–H and O–H groups in total. The van der Waals surface area contributed by atoms with Crippen LogP contribution >= 0.6 is 0 Å². The number of amides is 1. The number of hydrogen-bond acceptors (Lipinski definition) is 3. The fourth-order valence-electron chi connectivity index (χ4n) is 3.69. The Morgan fingerprint density at radius 1 is 0.931 bits per heavy atom. The molecule has 1 aliphatic rings. The van der Waals surface area contributed by atoms with Gasteiger partial charge in [0.05, 0.1) is 12.1 Å².